The number of hydrazine groups is 1. The Balaban J connectivity index is 1.88. The minimum atomic E-state index is 0.406. The molecule has 0 fully saturated rings. The third-order valence-corrected chi connectivity index (χ3v) is 3.48. The largest absolute Gasteiger partial charge is 0.365 e. The van der Waals surface area contributed by atoms with E-state index in [4.69, 9.17) is 5.84 Å². The number of hydrogen-bond acceptors (Lipinski definition) is 7. The summed E-state index contributed by atoms with van der Waals surface area (Å²) in [5.74, 6) is 6.55. The molecule has 0 spiro atoms. The van der Waals surface area contributed by atoms with Crippen LogP contribution in [-0.2, 0) is 13.6 Å². The van der Waals surface area contributed by atoms with Crippen LogP contribution < -0.4 is 16.6 Å². The lowest BCUT2D eigenvalue weighted by molar-refractivity contribution is 0.767. The van der Waals surface area contributed by atoms with Crippen molar-refractivity contribution >= 4 is 33.3 Å². The summed E-state index contributed by atoms with van der Waals surface area (Å²) in [6, 6.07) is 1.99. The molecule has 0 saturated heterocycles. The predicted molar refractivity (Wildman–Crippen MR) is 75.8 cm³/mol. The highest BCUT2D eigenvalue weighted by Gasteiger charge is 2.08. The number of aryl methyl sites for hydroxylation is 1. The smallest absolute Gasteiger partial charge is 0.240 e. The standard InChI is InChI=1S/C11H13N7S/c1-18-6-7(5-14-18)4-13-9-8-2-3-19-10(8)16-11(15-9)17-12/h2-3,5-6H,4,12H2,1H3,(H2,13,15,16,17). The zero-order valence-electron chi connectivity index (χ0n) is 10.3. The average Bonchev–Trinajstić information content (AvgIpc) is 3.04. The molecule has 4 N–H and O–H groups in total. The number of nitrogen functional groups attached to an aromatic ring is 1. The van der Waals surface area contributed by atoms with Crippen LogP contribution in [0.1, 0.15) is 5.56 Å². The van der Waals surface area contributed by atoms with Gasteiger partial charge >= 0.3 is 0 Å². The van der Waals surface area contributed by atoms with E-state index in [-0.39, 0.29) is 0 Å². The van der Waals surface area contributed by atoms with Crippen LogP contribution in [0.5, 0.6) is 0 Å². The van der Waals surface area contributed by atoms with E-state index in [1.165, 1.54) is 0 Å². The number of anilines is 2. The molecule has 19 heavy (non-hydrogen) atoms. The van der Waals surface area contributed by atoms with Crippen LogP contribution in [0.15, 0.2) is 23.8 Å². The topological polar surface area (TPSA) is 93.7 Å². The molecule has 0 saturated carbocycles. The van der Waals surface area contributed by atoms with Crippen molar-refractivity contribution in [2.24, 2.45) is 12.9 Å². The fourth-order valence-electron chi connectivity index (χ4n) is 1.80. The lowest BCUT2D eigenvalue weighted by Gasteiger charge is -2.07. The molecule has 3 rings (SSSR count). The maximum absolute atomic E-state index is 5.38. The summed E-state index contributed by atoms with van der Waals surface area (Å²) in [5.41, 5.74) is 3.57. The summed E-state index contributed by atoms with van der Waals surface area (Å²) < 4.78 is 1.77. The third-order valence-electron chi connectivity index (χ3n) is 2.67. The van der Waals surface area contributed by atoms with Gasteiger partial charge in [0.05, 0.1) is 11.6 Å². The van der Waals surface area contributed by atoms with Crippen molar-refractivity contribution in [2.75, 3.05) is 10.7 Å². The summed E-state index contributed by atoms with van der Waals surface area (Å²) >= 11 is 1.55. The van der Waals surface area contributed by atoms with E-state index in [9.17, 15) is 0 Å². The Morgan fingerprint density at radius 1 is 1.42 bits per heavy atom. The fourth-order valence-corrected chi connectivity index (χ4v) is 2.57. The highest BCUT2D eigenvalue weighted by molar-refractivity contribution is 7.16. The Hall–Kier alpha value is -2.19. The number of thiophene rings is 1. The van der Waals surface area contributed by atoms with Gasteiger partial charge in [-0.25, -0.2) is 10.8 Å². The first kappa shape index (κ1) is 11.9. The van der Waals surface area contributed by atoms with Gasteiger partial charge in [-0.15, -0.1) is 11.3 Å². The normalized spacial score (nSPS) is 10.8. The van der Waals surface area contributed by atoms with Crippen molar-refractivity contribution in [3.8, 4) is 0 Å². The van der Waals surface area contributed by atoms with Gasteiger partial charge in [-0.05, 0) is 11.4 Å². The molecule has 0 aliphatic rings. The van der Waals surface area contributed by atoms with Crippen molar-refractivity contribution in [3.05, 3.63) is 29.4 Å². The number of nitrogens with zero attached hydrogens (tertiary/aromatic N) is 4. The van der Waals surface area contributed by atoms with E-state index in [0.29, 0.717) is 12.5 Å². The van der Waals surface area contributed by atoms with Crippen molar-refractivity contribution in [2.45, 2.75) is 6.54 Å². The zero-order valence-corrected chi connectivity index (χ0v) is 11.1. The lowest BCUT2D eigenvalue weighted by Crippen LogP contribution is -2.12. The Morgan fingerprint density at radius 3 is 3.05 bits per heavy atom. The lowest BCUT2D eigenvalue weighted by atomic mass is 10.3. The summed E-state index contributed by atoms with van der Waals surface area (Å²) in [7, 11) is 1.89. The van der Waals surface area contributed by atoms with Crippen LogP contribution in [0, 0.1) is 0 Å². The molecule has 0 aromatic carbocycles. The highest BCUT2D eigenvalue weighted by atomic mass is 32.1. The minimum Gasteiger partial charge on any atom is -0.365 e. The molecule has 98 valence electrons. The molecular formula is C11H13N7S. The van der Waals surface area contributed by atoms with Crippen molar-refractivity contribution in [1.29, 1.82) is 0 Å². The summed E-state index contributed by atoms with van der Waals surface area (Å²) in [6.07, 6.45) is 3.78. The van der Waals surface area contributed by atoms with E-state index in [2.05, 4.69) is 25.8 Å². The van der Waals surface area contributed by atoms with Gasteiger partial charge in [-0.2, -0.15) is 10.1 Å². The third kappa shape index (κ3) is 2.35. The van der Waals surface area contributed by atoms with Gasteiger partial charge in [0, 0.05) is 25.4 Å². The Kier molecular flexibility index (Phi) is 3.02. The van der Waals surface area contributed by atoms with Gasteiger partial charge in [-0.1, -0.05) is 0 Å². The fraction of sp³-hybridized carbons (Fsp3) is 0.182. The predicted octanol–water partition coefficient (Wildman–Crippen LogP) is 1.32. The molecule has 0 aliphatic carbocycles. The molecule has 0 radical (unpaired) electrons. The van der Waals surface area contributed by atoms with Crippen molar-refractivity contribution in [3.63, 3.8) is 0 Å². The van der Waals surface area contributed by atoms with Crippen molar-refractivity contribution < 1.29 is 0 Å². The Morgan fingerprint density at radius 2 is 2.32 bits per heavy atom. The molecule has 0 bridgehead atoms. The van der Waals surface area contributed by atoms with E-state index in [0.717, 1.165) is 21.6 Å². The second-order valence-electron chi connectivity index (χ2n) is 4.06. The number of nitrogens with one attached hydrogen (secondary N) is 2. The number of aromatic nitrogens is 4. The summed E-state index contributed by atoms with van der Waals surface area (Å²) in [4.78, 5) is 9.52. The van der Waals surface area contributed by atoms with Gasteiger partial charge in [0.2, 0.25) is 5.95 Å². The molecule has 3 aromatic rings. The monoisotopic (exact) mass is 275 g/mol. The second-order valence-corrected chi connectivity index (χ2v) is 4.95. The van der Waals surface area contributed by atoms with Crippen LogP contribution >= 0.6 is 11.3 Å². The first-order valence-electron chi connectivity index (χ1n) is 5.69. The first-order chi connectivity index (χ1) is 9.26. The van der Waals surface area contributed by atoms with E-state index < -0.39 is 0 Å². The molecule has 8 heteroatoms. The van der Waals surface area contributed by atoms with Gasteiger partial charge < -0.3 is 5.32 Å². The first-order valence-corrected chi connectivity index (χ1v) is 6.57. The SMILES string of the molecule is Cn1cc(CNc2nc(NN)nc3sccc23)cn1. The van der Waals surface area contributed by atoms with Gasteiger partial charge in [0.1, 0.15) is 10.6 Å². The molecular weight excluding hydrogens is 262 g/mol. The van der Waals surface area contributed by atoms with Gasteiger partial charge in [-0.3, -0.25) is 10.1 Å². The van der Waals surface area contributed by atoms with Crippen LogP contribution in [-0.4, -0.2) is 19.7 Å². The van der Waals surface area contributed by atoms with Crippen LogP contribution in [0.4, 0.5) is 11.8 Å². The molecule has 0 aliphatic heterocycles. The summed E-state index contributed by atoms with van der Waals surface area (Å²) in [6.45, 7) is 0.653. The van der Waals surface area contributed by atoms with Gasteiger partial charge in [0.15, 0.2) is 0 Å². The van der Waals surface area contributed by atoms with Crippen molar-refractivity contribution in [1.82, 2.24) is 19.7 Å². The molecule has 3 aromatic heterocycles. The number of nitrogens with two attached hydrogens (primary N) is 1. The summed E-state index contributed by atoms with van der Waals surface area (Å²) in [5, 5.41) is 10.4. The van der Waals surface area contributed by atoms with Crippen LogP contribution in [0.3, 0.4) is 0 Å². The molecule has 3 heterocycles. The van der Waals surface area contributed by atoms with Crippen LogP contribution in [0.2, 0.25) is 0 Å². The average molecular weight is 275 g/mol. The number of fused-ring (bicyclic) bond motifs is 1. The van der Waals surface area contributed by atoms with E-state index in [1.54, 1.807) is 16.0 Å². The number of hydrogen-bond donors (Lipinski definition) is 3. The molecule has 0 atom stereocenters. The Bertz CT molecular complexity index is 702. The maximum atomic E-state index is 5.38. The van der Waals surface area contributed by atoms with E-state index >= 15 is 0 Å². The molecule has 0 amide bonds. The van der Waals surface area contributed by atoms with Crippen LogP contribution in [0.25, 0.3) is 10.2 Å². The second kappa shape index (κ2) is 4.82. The minimum absolute atomic E-state index is 0.406. The highest BCUT2D eigenvalue weighted by Crippen LogP contribution is 2.26. The zero-order chi connectivity index (χ0) is 13.2. The molecule has 0 unspecified atom stereocenters. The van der Waals surface area contributed by atoms with Gasteiger partial charge in [0.25, 0.3) is 0 Å². The van der Waals surface area contributed by atoms with E-state index in [1.807, 2.05) is 30.9 Å². The number of rotatable bonds is 4. The molecule has 7 nitrogen and oxygen atoms in total. The Labute approximate surface area is 113 Å². The quantitative estimate of drug-likeness (QED) is 0.491. The maximum Gasteiger partial charge on any atom is 0.240 e.